The van der Waals surface area contributed by atoms with Gasteiger partial charge in [-0.15, -0.1) is 0 Å². The summed E-state index contributed by atoms with van der Waals surface area (Å²) in [6.45, 7) is 9.79. The molecule has 0 saturated carbocycles. The number of likely N-dealkylation sites (N-methyl/N-ethyl adjacent to an activating group) is 1. The van der Waals surface area contributed by atoms with Gasteiger partial charge in [-0.05, 0) is 14.0 Å². The summed E-state index contributed by atoms with van der Waals surface area (Å²) in [7, 11) is 2.17. The Labute approximate surface area is 82.3 Å². The molecule has 12 heavy (non-hydrogen) atoms. The number of nitrogens with zero attached hydrogens (tertiary/aromatic N) is 2. The van der Waals surface area contributed by atoms with E-state index in [2.05, 4.69) is 36.4 Å². The summed E-state index contributed by atoms with van der Waals surface area (Å²) in [6, 6.07) is 0.677. The van der Waals surface area contributed by atoms with Gasteiger partial charge in [-0.3, -0.25) is 4.90 Å². The molecule has 3 heteroatoms. The van der Waals surface area contributed by atoms with Gasteiger partial charge in [0.15, 0.2) is 0 Å². The molecule has 1 aliphatic rings. The largest absolute Gasteiger partial charge is 0.304 e. The van der Waals surface area contributed by atoms with Crippen molar-refractivity contribution in [3.63, 3.8) is 0 Å². The molecular weight excluding hydrogens is 168 g/mol. The minimum Gasteiger partial charge on any atom is -0.304 e. The maximum Gasteiger partial charge on any atom is 0.0418 e. The van der Waals surface area contributed by atoms with Crippen LogP contribution >= 0.6 is 12.6 Å². The zero-order valence-corrected chi connectivity index (χ0v) is 9.64. The standard InChI is InChI=1S/C7H16N2S.C2H6/c1-7-5-8(2)3-4-9(7)6-10;1-2/h7,10H,3-6H2,1-2H3;1-2H3. The number of piperazine rings is 1. The number of rotatable bonds is 1. The highest BCUT2D eigenvalue weighted by molar-refractivity contribution is 7.80. The van der Waals surface area contributed by atoms with E-state index in [1.165, 1.54) is 19.6 Å². The van der Waals surface area contributed by atoms with E-state index in [1.807, 2.05) is 13.8 Å². The first-order valence-electron chi connectivity index (χ1n) is 4.77. The maximum atomic E-state index is 4.26. The molecule has 1 unspecified atom stereocenters. The first-order chi connectivity index (χ1) is 5.74. The van der Waals surface area contributed by atoms with Gasteiger partial charge in [0, 0.05) is 31.6 Å². The Morgan fingerprint density at radius 1 is 1.33 bits per heavy atom. The van der Waals surface area contributed by atoms with Crippen LogP contribution in [-0.4, -0.2) is 48.4 Å². The molecule has 0 aromatic carbocycles. The van der Waals surface area contributed by atoms with Crippen molar-refractivity contribution in [2.45, 2.75) is 26.8 Å². The fourth-order valence-corrected chi connectivity index (χ4v) is 1.81. The Balaban J connectivity index is 0.000000561. The average Bonchev–Trinajstić information content (AvgIpc) is 2.08. The van der Waals surface area contributed by atoms with Crippen molar-refractivity contribution < 1.29 is 0 Å². The van der Waals surface area contributed by atoms with Crippen molar-refractivity contribution in [2.24, 2.45) is 0 Å². The van der Waals surface area contributed by atoms with E-state index in [-0.39, 0.29) is 0 Å². The lowest BCUT2D eigenvalue weighted by molar-refractivity contribution is 0.120. The van der Waals surface area contributed by atoms with Gasteiger partial charge in [0.1, 0.15) is 0 Å². The lowest BCUT2D eigenvalue weighted by Gasteiger charge is -2.37. The van der Waals surface area contributed by atoms with Gasteiger partial charge in [0.2, 0.25) is 0 Å². The smallest absolute Gasteiger partial charge is 0.0418 e. The molecule has 1 atom stereocenters. The van der Waals surface area contributed by atoms with Crippen LogP contribution in [0.15, 0.2) is 0 Å². The first kappa shape index (κ1) is 12.3. The Bertz CT molecular complexity index is 109. The second kappa shape index (κ2) is 6.75. The molecule has 0 N–H and O–H groups in total. The number of thiol groups is 1. The van der Waals surface area contributed by atoms with Crippen molar-refractivity contribution in [1.82, 2.24) is 9.80 Å². The summed E-state index contributed by atoms with van der Waals surface area (Å²) in [6.07, 6.45) is 0. The van der Waals surface area contributed by atoms with Crippen molar-refractivity contribution in [3.8, 4) is 0 Å². The molecule has 0 amide bonds. The Kier molecular flexibility index (Phi) is 6.90. The Hall–Kier alpha value is 0.270. The zero-order valence-electron chi connectivity index (χ0n) is 8.75. The van der Waals surface area contributed by atoms with Crippen LogP contribution in [0.1, 0.15) is 20.8 Å². The summed E-state index contributed by atoms with van der Waals surface area (Å²) < 4.78 is 0. The minimum absolute atomic E-state index is 0.677. The third-order valence-electron chi connectivity index (χ3n) is 2.15. The van der Waals surface area contributed by atoms with Crippen LogP contribution in [0.25, 0.3) is 0 Å². The third-order valence-corrected chi connectivity index (χ3v) is 2.51. The van der Waals surface area contributed by atoms with Gasteiger partial charge in [-0.1, -0.05) is 13.8 Å². The van der Waals surface area contributed by atoms with Gasteiger partial charge in [-0.2, -0.15) is 12.6 Å². The molecule has 0 bridgehead atoms. The van der Waals surface area contributed by atoms with E-state index in [1.54, 1.807) is 0 Å². The fourth-order valence-electron chi connectivity index (χ4n) is 1.39. The third kappa shape index (κ3) is 3.78. The lowest BCUT2D eigenvalue weighted by Crippen LogP contribution is -2.49. The van der Waals surface area contributed by atoms with Crippen LogP contribution in [0.4, 0.5) is 0 Å². The molecule has 0 spiro atoms. The van der Waals surface area contributed by atoms with E-state index in [4.69, 9.17) is 0 Å². The van der Waals surface area contributed by atoms with E-state index < -0.39 is 0 Å². The molecule has 2 nitrogen and oxygen atoms in total. The van der Waals surface area contributed by atoms with E-state index >= 15 is 0 Å². The Morgan fingerprint density at radius 2 is 1.92 bits per heavy atom. The average molecular weight is 190 g/mol. The van der Waals surface area contributed by atoms with Crippen molar-refractivity contribution >= 4 is 12.6 Å². The summed E-state index contributed by atoms with van der Waals surface area (Å²) in [5, 5.41) is 0. The Morgan fingerprint density at radius 3 is 2.33 bits per heavy atom. The molecular formula is C9H22N2S. The molecule has 1 heterocycles. The lowest BCUT2D eigenvalue weighted by atomic mass is 10.2. The zero-order chi connectivity index (χ0) is 9.56. The highest BCUT2D eigenvalue weighted by Crippen LogP contribution is 2.07. The van der Waals surface area contributed by atoms with E-state index in [0.29, 0.717) is 6.04 Å². The molecule has 74 valence electrons. The van der Waals surface area contributed by atoms with E-state index in [0.717, 1.165) is 5.88 Å². The van der Waals surface area contributed by atoms with Gasteiger partial charge < -0.3 is 4.90 Å². The first-order valence-corrected chi connectivity index (χ1v) is 5.40. The van der Waals surface area contributed by atoms with Crippen molar-refractivity contribution in [2.75, 3.05) is 32.6 Å². The van der Waals surface area contributed by atoms with Crippen LogP contribution < -0.4 is 0 Å². The molecule has 0 radical (unpaired) electrons. The summed E-state index contributed by atoms with van der Waals surface area (Å²) >= 11 is 4.26. The van der Waals surface area contributed by atoms with Gasteiger partial charge in [0.05, 0.1) is 0 Å². The molecule has 0 aliphatic carbocycles. The number of hydrogen-bond acceptors (Lipinski definition) is 3. The number of hydrogen-bond donors (Lipinski definition) is 1. The predicted molar refractivity (Wildman–Crippen MR) is 58.9 cm³/mol. The van der Waals surface area contributed by atoms with Crippen LogP contribution in [0, 0.1) is 0 Å². The van der Waals surface area contributed by atoms with Crippen LogP contribution in [0.2, 0.25) is 0 Å². The fraction of sp³-hybridized carbons (Fsp3) is 1.00. The van der Waals surface area contributed by atoms with Gasteiger partial charge in [-0.25, -0.2) is 0 Å². The molecule has 1 fully saturated rings. The second-order valence-electron chi connectivity index (χ2n) is 3.07. The molecule has 0 aromatic heterocycles. The molecule has 1 aliphatic heterocycles. The monoisotopic (exact) mass is 190 g/mol. The van der Waals surface area contributed by atoms with Crippen LogP contribution in [0.5, 0.6) is 0 Å². The minimum atomic E-state index is 0.677. The van der Waals surface area contributed by atoms with Crippen LogP contribution in [-0.2, 0) is 0 Å². The summed E-state index contributed by atoms with van der Waals surface area (Å²) in [5.74, 6) is 0.898. The van der Waals surface area contributed by atoms with E-state index in [9.17, 15) is 0 Å². The predicted octanol–water partition coefficient (Wildman–Crippen LogP) is 1.54. The van der Waals surface area contributed by atoms with Crippen LogP contribution in [0.3, 0.4) is 0 Å². The molecule has 1 saturated heterocycles. The highest BCUT2D eigenvalue weighted by Gasteiger charge is 2.19. The summed E-state index contributed by atoms with van der Waals surface area (Å²) in [5.41, 5.74) is 0. The molecule has 1 rings (SSSR count). The molecule has 0 aromatic rings. The van der Waals surface area contributed by atoms with Crippen molar-refractivity contribution in [1.29, 1.82) is 0 Å². The van der Waals surface area contributed by atoms with Gasteiger partial charge >= 0.3 is 0 Å². The SMILES string of the molecule is CC.CC1CN(C)CCN1CS. The van der Waals surface area contributed by atoms with Crippen molar-refractivity contribution in [3.05, 3.63) is 0 Å². The normalized spacial score (nSPS) is 26.2. The quantitative estimate of drug-likeness (QED) is 0.627. The summed E-state index contributed by atoms with van der Waals surface area (Å²) in [4.78, 5) is 4.76. The highest BCUT2D eigenvalue weighted by atomic mass is 32.1. The van der Waals surface area contributed by atoms with Gasteiger partial charge in [0.25, 0.3) is 0 Å². The topological polar surface area (TPSA) is 6.48 Å². The maximum absolute atomic E-state index is 4.26. The second-order valence-corrected chi connectivity index (χ2v) is 3.35.